The third-order valence-electron chi connectivity index (χ3n) is 4.36. The van der Waals surface area contributed by atoms with Gasteiger partial charge in [-0.1, -0.05) is 6.07 Å². The van der Waals surface area contributed by atoms with E-state index < -0.39 is 0 Å². The molecule has 2 aromatic heterocycles. The third kappa shape index (κ3) is 5.32. The van der Waals surface area contributed by atoms with Crippen molar-refractivity contribution in [3.05, 3.63) is 52.6 Å². The van der Waals surface area contributed by atoms with Gasteiger partial charge in [0.1, 0.15) is 5.76 Å². The number of likely N-dealkylation sites (tertiary alicyclic amines) is 1. The van der Waals surface area contributed by atoms with Gasteiger partial charge in [0.2, 0.25) is 11.8 Å². The highest BCUT2D eigenvalue weighted by Crippen LogP contribution is 2.17. The van der Waals surface area contributed by atoms with Crippen molar-refractivity contribution in [1.29, 1.82) is 0 Å². The predicted molar refractivity (Wildman–Crippen MR) is 98.1 cm³/mol. The first kappa shape index (κ1) is 17.5. The molecule has 2 aromatic rings. The van der Waals surface area contributed by atoms with Crippen molar-refractivity contribution >= 4 is 29.2 Å². The van der Waals surface area contributed by atoms with Gasteiger partial charge in [-0.25, -0.2) is 0 Å². The van der Waals surface area contributed by atoms with E-state index >= 15 is 0 Å². The van der Waals surface area contributed by atoms with Crippen molar-refractivity contribution in [1.82, 2.24) is 10.2 Å². The molecule has 1 saturated heterocycles. The Hall–Kier alpha value is -2.34. The Balaban J connectivity index is 1.36. The van der Waals surface area contributed by atoms with Crippen LogP contribution in [0.5, 0.6) is 0 Å². The van der Waals surface area contributed by atoms with Crippen molar-refractivity contribution < 1.29 is 14.0 Å². The molecule has 1 aliphatic rings. The number of thiophene rings is 1. The van der Waals surface area contributed by atoms with Gasteiger partial charge >= 0.3 is 0 Å². The van der Waals surface area contributed by atoms with Gasteiger partial charge in [-0.05, 0) is 48.4 Å². The number of carbonyl (C=O) groups excluding carboxylic acids is 2. The molecule has 6 heteroatoms. The molecule has 0 radical (unpaired) electrons. The van der Waals surface area contributed by atoms with Gasteiger partial charge in [-0.2, -0.15) is 0 Å². The van der Waals surface area contributed by atoms with Crippen LogP contribution in [0.4, 0.5) is 0 Å². The fourth-order valence-electron chi connectivity index (χ4n) is 2.89. The van der Waals surface area contributed by atoms with Crippen LogP contribution in [0.1, 0.15) is 23.5 Å². The first-order valence-corrected chi connectivity index (χ1v) is 9.38. The van der Waals surface area contributed by atoms with Gasteiger partial charge in [0.05, 0.1) is 12.7 Å². The molecule has 3 rings (SSSR count). The van der Waals surface area contributed by atoms with Crippen LogP contribution in [0.15, 0.2) is 46.4 Å². The molecule has 0 unspecified atom stereocenters. The van der Waals surface area contributed by atoms with Gasteiger partial charge < -0.3 is 14.6 Å². The van der Waals surface area contributed by atoms with Crippen molar-refractivity contribution in [2.24, 2.45) is 5.92 Å². The Labute approximate surface area is 151 Å². The molecule has 5 nitrogen and oxygen atoms in total. The molecule has 0 spiro atoms. The summed E-state index contributed by atoms with van der Waals surface area (Å²) in [6.07, 6.45) is 7.12. The van der Waals surface area contributed by atoms with Crippen LogP contribution in [0.3, 0.4) is 0 Å². The van der Waals surface area contributed by atoms with Gasteiger partial charge in [-0.3, -0.25) is 9.59 Å². The standard InChI is InChI=1S/C19H22N2O3S/c22-18(13-17-4-2-12-25-17)20-14-15-7-9-21(10-8-15)19(23)6-5-16-3-1-11-24-16/h1-6,11-12,15H,7-10,13-14H2,(H,20,22). The second kappa shape index (κ2) is 8.67. The third-order valence-corrected chi connectivity index (χ3v) is 5.24. The summed E-state index contributed by atoms with van der Waals surface area (Å²) in [5, 5.41) is 5.00. The maximum Gasteiger partial charge on any atom is 0.246 e. The molecule has 1 fully saturated rings. The Morgan fingerprint density at radius 1 is 1.28 bits per heavy atom. The average molecular weight is 358 g/mol. The van der Waals surface area contributed by atoms with E-state index in [4.69, 9.17) is 4.42 Å². The number of hydrogen-bond acceptors (Lipinski definition) is 4. The lowest BCUT2D eigenvalue weighted by Gasteiger charge is -2.31. The molecule has 25 heavy (non-hydrogen) atoms. The van der Waals surface area contributed by atoms with Crippen molar-refractivity contribution in [3.63, 3.8) is 0 Å². The highest BCUT2D eigenvalue weighted by atomic mass is 32.1. The molecular weight excluding hydrogens is 336 g/mol. The molecule has 0 bridgehead atoms. The molecule has 132 valence electrons. The summed E-state index contributed by atoms with van der Waals surface area (Å²) in [6, 6.07) is 7.54. The number of nitrogens with one attached hydrogen (secondary N) is 1. The predicted octanol–water partition coefficient (Wildman–Crippen LogP) is 2.95. The first-order chi connectivity index (χ1) is 12.2. The molecule has 1 N–H and O–H groups in total. The second-order valence-electron chi connectivity index (χ2n) is 6.18. The number of hydrogen-bond donors (Lipinski definition) is 1. The van der Waals surface area contributed by atoms with Crippen molar-refractivity contribution in [2.75, 3.05) is 19.6 Å². The van der Waals surface area contributed by atoms with E-state index in [9.17, 15) is 9.59 Å². The maximum absolute atomic E-state index is 12.2. The summed E-state index contributed by atoms with van der Waals surface area (Å²) >= 11 is 1.60. The molecule has 2 amide bonds. The zero-order valence-electron chi connectivity index (χ0n) is 14.0. The summed E-state index contributed by atoms with van der Waals surface area (Å²) < 4.78 is 5.18. The molecule has 0 aliphatic carbocycles. The quantitative estimate of drug-likeness (QED) is 0.808. The Kier molecular flexibility index (Phi) is 6.06. The summed E-state index contributed by atoms with van der Waals surface area (Å²) in [5.74, 6) is 1.20. The zero-order chi connectivity index (χ0) is 17.5. The topological polar surface area (TPSA) is 62.6 Å². The van der Waals surface area contributed by atoms with E-state index in [1.54, 1.807) is 35.8 Å². The Morgan fingerprint density at radius 3 is 2.80 bits per heavy atom. The fourth-order valence-corrected chi connectivity index (χ4v) is 3.60. The minimum Gasteiger partial charge on any atom is -0.465 e. The van der Waals surface area contributed by atoms with Gasteiger partial charge in [0, 0.05) is 30.6 Å². The maximum atomic E-state index is 12.2. The summed E-state index contributed by atoms with van der Waals surface area (Å²) in [4.78, 5) is 27.0. The minimum atomic E-state index is 0.0107. The number of furan rings is 1. The average Bonchev–Trinajstić information content (AvgIpc) is 3.32. The van der Waals surface area contributed by atoms with Crippen molar-refractivity contribution in [2.45, 2.75) is 19.3 Å². The zero-order valence-corrected chi connectivity index (χ0v) is 14.8. The molecule has 1 aliphatic heterocycles. The molecule has 3 heterocycles. The van der Waals surface area contributed by atoms with Crippen LogP contribution >= 0.6 is 11.3 Å². The fraction of sp³-hybridized carbons (Fsp3) is 0.368. The smallest absolute Gasteiger partial charge is 0.246 e. The van der Waals surface area contributed by atoms with Crippen LogP contribution in [0.25, 0.3) is 6.08 Å². The van der Waals surface area contributed by atoms with E-state index in [-0.39, 0.29) is 11.8 Å². The summed E-state index contributed by atoms with van der Waals surface area (Å²) in [6.45, 7) is 2.15. The van der Waals surface area contributed by atoms with Crippen LogP contribution < -0.4 is 5.32 Å². The van der Waals surface area contributed by atoms with Crippen LogP contribution in [-0.4, -0.2) is 36.3 Å². The number of piperidine rings is 1. The normalized spacial score (nSPS) is 15.6. The van der Waals surface area contributed by atoms with E-state index in [1.807, 2.05) is 28.5 Å². The molecule has 0 aromatic carbocycles. The van der Waals surface area contributed by atoms with Gasteiger partial charge in [0.15, 0.2) is 0 Å². The number of nitrogens with zero attached hydrogens (tertiary/aromatic N) is 1. The lowest BCUT2D eigenvalue weighted by Crippen LogP contribution is -2.41. The monoisotopic (exact) mass is 358 g/mol. The first-order valence-electron chi connectivity index (χ1n) is 8.50. The summed E-state index contributed by atoms with van der Waals surface area (Å²) in [7, 11) is 0. The van der Waals surface area contributed by atoms with Gasteiger partial charge in [-0.15, -0.1) is 11.3 Å². The SMILES string of the molecule is O=C(Cc1cccs1)NCC1CCN(C(=O)C=Cc2ccco2)CC1. The van der Waals surface area contributed by atoms with E-state index in [1.165, 1.54) is 0 Å². The molecular formula is C19H22N2O3S. The van der Waals surface area contributed by atoms with Gasteiger partial charge in [0.25, 0.3) is 0 Å². The minimum absolute atomic E-state index is 0.0107. The molecule has 0 saturated carbocycles. The number of amides is 2. The number of rotatable bonds is 6. The van der Waals surface area contributed by atoms with Crippen LogP contribution in [0, 0.1) is 5.92 Å². The van der Waals surface area contributed by atoms with Crippen molar-refractivity contribution in [3.8, 4) is 0 Å². The van der Waals surface area contributed by atoms with E-state index in [0.717, 1.165) is 30.8 Å². The lowest BCUT2D eigenvalue weighted by atomic mass is 9.96. The second-order valence-corrected chi connectivity index (χ2v) is 7.21. The van der Waals surface area contributed by atoms with E-state index in [0.29, 0.717) is 24.6 Å². The lowest BCUT2D eigenvalue weighted by molar-refractivity contribution is -0.127. The number of carbonyl (C=O) groups is 2. The van der Waals surface area contributed by atoms with E-state index in [2.05, 4.69) is 5.32 Å². The Morgan fingerprint density at radius 2 is 2.12 bits per heavy atom. The summed E-state index contributed by atoms with van der Waals surface area (Å²) in [5.41, 5.74) is 0. The largest absolute Gasteiger partial charge is 0.465 e. The highest BCUT2D eigenvalue weighted by Gasteiger charge is 2.22. The molecule has 0 atom stereocenters. The highest BCUT2D eigenvalue weighted by molar-refractivity contribution is 7.10. The van der Waals surface area contributed by atoms with Crippen LogP contribution in [-0.2, 0) is 16.0 Å². The Bertz CT molecular complexity index is 699. The van der Waals surface area contributed by atoms with Crippen LogP contribution in [0.2, 0.25) is 0 Å².